The van der Waals surface area contributed by atoms with Gasteiger partial charge in [0.2, 0.25) is 0 Å². The summed E-state index contributed by atoms with van der Waals surface area (Å²) in [5.74, 6) is -0.303. The lowest BCUT2D eigenvalue weighted by Gasteiger charge is -2.19. The first-order valence-electron chi connectivity index (χ1n) is 5.09. The van der Waals surface area contributed by atoms with Crippen LogP contribution in [0.2, 0.25) is 0 Å². The molecule has 6 nitrogen and oxygen atoms in total. The predicted octanol–water partition coefficient (Wildman–Crippen LogP) is 0.806. The van der Waals surface area contributed by atoms with Crippen molar-refractivity contribution in [2.24, 2.45) is 0 Å². The highest BCUT2D eigenvalue weighted by molar-refractivity contribution is 5.73. The lowest BCUT2D eigenvalue weighted by atomic mass is 10.4. The first-order chi connectivity index (χ1) is 8.20. The van der Waals surface area contributed by atoms with Gasteiger partial charge >= 0.3 is 5.97 Å². The van der Waals surface area contributed by atoms with Gasteiger partial charge in [0.05, 0.1) is 6.20 Å². The van der Waals surface area contributed by atoms with Gasteiger partial charge in [-0.2, -0.15) is 5.10 Å². The number of aromatic nitrogens is 3. The van der Waals surface area contributed by atoms with E-state index in [1.54, 1.807) is 40.0 Å². The molecule has 88 valence electrons. The number of rotatable bonds is 5. The van der Waals surface area contributed by atoms with Crippen molar-refractivity contribution in [2.45, 2.75) is 0 Å². The van der Waals surface area contributed by atoms with Crippen molar-refractivity contribution < 1.29 is 9.90 Å². The molecule has 17 heavy (non-hydrogen) atoms. The van der Waals surface area contributed by atoms with Gasteiger partial charge in [0, 0.05) is 18.8 Å². The van der Waals surface area contributed by atoms with Crippen LogP contribution in [0.4, 0.5) is 5.82 Å². The molecule has 2 heterocycles. The first kappa shape index (κ1) is 11.1. The summed E-state index contributed by atoms with van der Waals surface area (Å²) in [6.07, 6.45) is 5.03. The van der Waals surface area contributed by atoms with Gasteiger partial charge in [-0.1, -0.05) is 6.08 Å². The molecule has 0 aliphatic rings. The second-order valence-corrected chi connectivity index (χ2v) is 3.48. The van der Waals surface area contributed by atoms with E-state index in [0.29, 0.717) is 18.0 Å². The molecule has 0 radical (unpaired) electrons. The fourth-order valence-electron chi connectivity index (χ4n) is 1.54. The van der Waals surface area contributed by atoms with Crippen LogP contribution in [0.5, 0.6) is 0 Å². The van der Waals surface area contributed by atoms with Crippen LogP contribution in [0.3, 0.4) is 0 Å². The highest BCUT2D eigenvalue weighted by Crippen LogP contribution is 2.11. The van der Waals surface area contributed by atoms with Crippen molar-refractivity contribution in [3.05, 3.63) is 37.2 Å². The second-order valence-electron chi connectivity index (χ2n) is 3.48. The standard InChI is InChI=1S/C11H12N4O2/c1-2-6-14(8-11(16)17)9-4-7-15-10(13-9)3-5-12-15/h2-5,7H,1,6,8H2,(H,16,17). The maximum Gasteiger partial charge on any atom is 0.323 e. The molecule has 0 atom stereocenters. The third kappa shape index (κ3) is 2.41. The van der Waals surface area contributed by atoms with Crippen LogP contribution in [-0.2, 0) is 4.79 Å². The number of nitrogens with zero attached hydrogens (tertiary/aromatic N) is 4. The Bertz CT molecular complexity index is 549. The summed E-state index contributed by atoms with van der Waals surface area (Å²) in [6.45, 7) is 3.93. The maximum absolute atomic E-state index is 10.8. The van der Waals surface area contributed by atoms with E-state index in [9.17, 15) is 4.79 Å². The van der Waals surface area contributed by atoms with Crippen molar-refractivity contribution in [2.75, 3.05) is 18.0 Å². The minimum atomic E-state index is -0.901. The molecule has 0 unspecified atom stereocenters. The molecule has 6 heteroatoms. The SMILES string of the molecule is C=CCN(CC(=O)O)c1ccn2nccc2n1. The van der Waals surface area contributed by atoms with Crippen molar-refractivity contribution in [3.63, 3.8) is 0 Å². The molecule has 0 aromatic carbocycles. The Morgan fingerprint density at radius 1 is 1.59 bits per heavy atom. The van der Waals surface area contributed by atoms with Gasteiger partial charge < -0.3 is 10.0 Å². The van der Waals surface area contributed by atoms with Crippen LogP contribution >= 0.6 is 0 Å². The molecule has 0 spiro atoms. The number of aliphatic carboxylic acids is 1. The molecule has 0 amide bonds. The topological polar surface area (TPSA) is 70.7 Å². The van der Waals surface area contributed by atoms with Gasteiger partial charge in [0.1, 0.15) is 12.4 Å². The van der Waals surface area contributed by atoms with E-state index in [2.05, 4.69) is 16.7 Å². The number of carboxylic acid groups (broad SMARTS) is 1. The minimum Gasteiger partial charge on any atom is -0.480 e. The van der Waals surface area contributed by atoms with Crippen LogP contribution in [0.1, 0.15) is 0 Å². The van der Waals surface area contributed by atoms with E-state index < -0.39 is 5.97 Å². The second kappa shape index (κ2) is 4.65. The number of carboxylic acids is 1. The monoisotopic (exact) mass is 232 g/mol. The molecule has 2 aromatic heterocycles. The van der Waals surface area contributed by atoms with Gasteiger partial charge in [-0.3, -0.25) is 4.79 Å². The van der Waals surface area contributed by atoms with Gasteiger partial charge in [-0.25, -0.2) is 9.50 Å². The largest absolute Gasteiger partial charge is 0.480 e. The van der Waals surface area contributed by atoms with E-state index >= 15 is 0 Å². The van der Waals surface area contributed by atoms with Crippen molar-refractivity contribution in [3.8, 4) is 0 Å². The Morgan fingerprint density at radius 2 is 2.41 bits per heavy atom. The summed E-state index contributed by atoms with van der Waals surface area (Å²) in [6, 6.07) is 3.49. The predicted molar refractivity (Wildman–Crippen MR) is 63.0 cm³/mol. The fraction of sp³-hybridized carbons (Fsp3) is 0.182. The smallest absolute Gasteiger partial charge is 0.323 e. The van der Waals surface area contributed by atoms with Crippen LogP contribution in [0.25, 0.3) is 5.65 Å². The normalized spacial score (nSPS) is 10.4. The Morgan fingerprint density at radius 3 is 3.12 bits per heavy atom. The van der Waals surface area contributed by atoms with E-state index in [-0.39, 0.29) is 6.54 Å². The van der Waals surface area contributed by atoms with Crippen LogP contribution in [0.15, 0.2) is 37.2 Å². The Labute approximate surface area is 97.8 Å². The number of carbonyl (C=O) groups is 1. The Kier molecular flexibility index (Phi) is 3.04. The van der Waals surface area contributed by atoms with E-state index in [1.165, 1.54) is 0 Å². The zero-order valence-electron chi connectivity index (χ0n) is 9.15. The molecular formula is C11H12N4O2. The summed E-state index contributed by atoms with van der Waals surface area (Å²) >= 11 is 0. The summed E-state index contributed by atoms with van der Waals surface area (Å²) in [7, 11) is 0. The molecule has 1 N–H and O–H groups in total. The lowest BCUT2D eigenvalue weighted by molar-refractivity contribution is -0.135. The molecule has 0 aliphatic carbocycles. The summed E-state index contributed by atoms with van der Waals surface area (Å²) < 4.78 is 1.62. The molecule has 0 fully saturated rings. The van der Waals surface area contributed by atoms with Gasteiger partial charge in [0.15, 0.2) is 5.65 Å². The highest BCUT2D eigenvalue weighted by Gasteiger charge is 2.11. The van der Waals surface area contributed by atoms with Crippen molar-refractivity contribution >= 4 is 17.4 Å². The van der Waals surface area contributed by atoms with E-state index in [0.717, 1.165) is 0 Å². The molecule has 0 saturated heterocycles. The number of hydrogen-bond acceptors (Lipinski definition) is 4. The quantitative estimate of drug-likeness (QED) is 0.772. The third-order valence-electron chi connectivity index (χ3n) is 2.24. The van der Waals surface area contributed by atoms with Gasteiger partial charge in [0.25, 0.3) is 0 Å². The van der Waals surface area contributed by atoms with Crippen LogP contribution < -0.4 is 4.90 Å². The average molecular weight is 232 g/mol. The Hall–Kier alpha value is -2.37. The van der Waals surface area contributed by atoms with Crippen LogP contribution in [0, 0.1) is 0 Å². The number of hydrogen-bond donors (Lipinski definition) is 1. The first-order valence-corrected chi connectivity index (χ1v) is 5.09. The fourth-order valence-corrected chi connectivity index (χ4v) is 1.54. The minimum absolute atomic E-state index is 0.108. The van der Waals surface area contributed by atoms with Gasteiger partial charge in [-0.05, 0) is 6.07 Å². The average Bonchev–Trinajstić information content (AvgIpc) is 2.74. The zero-order chi connectivity index (χ0) is 12.3. The van der Waals surface area contributed by atoms with Crippen LogP contribution in [-0.4, -0.2) is 38.8 Å². The number of anilines is 1. The molecule has 2 aromatic rings. The van der Waals surface area contributed by atoms with E-state index in [1.807, 2.05) is 0 Å². The molecule has 0 saturated carbocycles. The summed E-state index contributed by atoms with van der Waals surface area (Å²) in [5, 5.41) is 12.8. The molecule has 0 aliphatic heterocycles. The molecular weight excluding hydrogens is 220 g/mol. The third-order valence-corrected chi connectivity index (χ3v) is 2.24. The van der Waals surface area contributed by atoms with E-state index in [4.69, 9.17) is 5.11 Å². The van der Waals surface area contributed by atoms with Crippen molar-refractivity contribution in [1.82, 2.24) is 14.6 Å². The Balaban J connectivity index is 2.32. The maximum atomic E-state index is 10.8. The number of fused-ring (bicyclic) bond motifs is 1. The highest BCUT2D eigenvalue weighted by atomic mass is 16.4. The molecule has 0 bridgehead atoms. The summed E-state index contributed by atoms with van der Waals surface area (Å²) in [4.78, 5) is 16.7. The van der Waals surface area contributed by atoms with Crippen molar-refractivity contribution in [1.29, 1.82) is 0 Å². The van der Waals surface area contributed by atoms with Gasteiger partial charge in [-0.15, -0.1) is 6.58 Å². The lowest BCUT2D eigenvalue weighted by Crippen LogP contribution is -2.30. The summed E-state index contributed by atoms with van der Waals surface area (Å²) in [5.41, 5.74) is 0.682. The molecule has 2 rings (SSSR count). The zero-order valence-corrected chi connectivity index (χ0v) is 9.15.